The van der Waals surface area contributed by atoms with Crippen LogP contribution in [0.3, 0.4) is 0 Å². The van der Waals surface area contributed by atoms with Gasteiger partial charge in [-0.2, -0.15) is 0 Å². The van der Waals surface area contributed by atoms with Gasteiger partial charge in [0.2, 0.25) is 0 Å². The van der Waals surface area contributed by atoms with E-state index in [2.05, 4.69) is 37.0 Å². The highest BCUT2D eigenvalue weighted by Crippen LogP contribution is 2.33. The number of rotatable bonds is 1. The third-order valence-electron chi connectivity index (χ3n) is 3.96. The lowest BCUT2D eigenvalue weighted by atomic mass is 10.0. The van der Waals surface area contributed by atoms with Crippen molar-refractivity contribution in [1.29, 1.82) is 0 Å². The summed E-state index contributed by atoms with van der Waals surface area (Å²) in [6, 6.07) is 4.74. The molecule has 0 spiro atoms. The van der Waals surface area contributed by atoms with Gasteiger partial charge in [0, 0.05) is 24.4 Å². The molecule has 1 aromatic rings. The lowest BCUT2D eigenvalue weighted by Gasteiger charge is -2.20. The summed E-state index contributed by atoms with van der Waals surface area (Å²) in [7, 11) is 0. The SMILES string of the molecule is Cc1cc2c(cc1C)C(N1CCCC1)=CC2. The van der Waals surface area contributed by atoms with Crippen molar-refractivity contribution in [2.75, 3.05) is 13.1 Å². The van der Waals surface area contributed by atoms with Crippen LogP contribution in [0.25, 0.3) is 5.70 Å². The molecule has 1 heterocycles. The maximum atomic E-state index is 2.56. The zero-order valence-electron chi connectivity index (χ0n) is 10.2. The molecule has 0 atom stereocenters. The van der Waals surface area contributed by atoms with Gasteiger partial charge in [0.15, 0.2) is 0 Å². The number of benzene rings is 1. The van der Waals surface area contributed by atoms with Crippen molar-refractivity contribution in [3.8, 4) is 0 Å². The van der Waals surface area contributed by atoms with Crippen molar-refractivity contribution in [2.45, 2.75) is 33.1 Å². The number of aryl methyl sites for hydroxylation is 2. The van der Waals surface area contributed by atoms with E-state index in [9.17, 15) is 0 Å². The smallest absolute Gasteiger partial charge is 0.0405 e. The van der Waals surface area contributed by atoms with E-state index in [0.717, 1.165) is 6.42 Å². The van der Waals surface area contributed by atoms with Crippen molar-refractivity contribution in [3.63, 3.8) is 0 Å². The topological polar surface area (TPSA) is 3.24 Å². The number of fused-ring (bicyclic) bond motifs is 1. The number of hydrogen-bond donors (Lipinski definition) is 0. The second kappa shape index (κ2) is 3.65. The molecule has 84 valence electrons. The van der Waals surface area contributed by atoms with Gasteiger partial charge in [-0.05, 0) is 55.9 Å². The Morgan fingerprint density at radius 2 is 1.69 bits per heavy atom. The molecular weight excluding hydrogens is 194 g/mol. The van der Waals surface area contributed by atoms with Crippen LogP contribution in [0.4, 0.5) is 0 Å². The maximum absolute atomic E-state index is 2.56. The molecule has 1 heteroatoms. The predicted octanol–water partition coefficient (Wildman–Crippen LogP) is 3.30. The molecule has 1 fully saturated rings. The van der Waals surface area contributed by atoms with Gasteiger partial charge < -0.3 is 4.90 Å². The fourth-order valence-corrected chi connectivity index (χ4v) is 2.86. The van der Waals surface area contributed by atoms with Crippen LogP contribution in [0, 0.1) is 13.8 Å². The first-order valence-corrected chi connectivity index (χ1v) is 6.31. The van der Waals surface area contributed by atoms with Gasteiger partial charge in [0.1, 0.15) is 0 Å². The zero-order chi connectivity index (χ0) is 11.1. The third kappa shape index (κ3) is 1.46. The largest absolute Gasteiger partial charge is 0.371 e. The van der Waals surface area contributed by atoms with Crippen LogP contribution in [-0.4, -0.2) is 18.0 Å². The Labute approximate surface area is 97.8 Å². The van der Waals surface area contributed by atoms with Gasteiger partial charge in [0.25, 0.3) is 0 Å². The van der Waals surface area contributed by atoms with E-state index in [0.29, 0.717) is 0 Å². The molecule has 0 bridgehead atoms. The second-order valence-corrected chi connectivity index (χ2v) is 5.08. The minimum absolute atomic E-state index is 1.13. The van der Waals surface area contributed by atoms with E-state index in [1.165, 1.54) is 53.9 Å². The van der Waals surface area contributed by atoms with Gasteiger partial charge in [-0.3, -0.25) is 0 Å². The normalized spacial score (nSPS) is 18.9. The van der Waals surface area contributed by atoms with Crippen molar-refractivity contribution >= 4 is 5.70 Å². The summed E-state index contributed by atoms with van der Waals surface area (Å²) in [4.78, 5) is 2.56. The summed E-state index contributed by atoms with van der Waals surface area (Å²) in [6.45, 7) is 6.93. The molecule has 0 aromatic heterocycles. The Hall–Kier alpha value is -1.24. The zero-order valence-corrected chi connectivity index (χ0v) is 10.2. The second-order valence-electron chi connectivity index (χ2n) is 5.08. The predicted molar refractivity (Wildman–Crippen MR) is 68.4 cm³/mol. The van der Waals surface area contributed by atoms with Crippen molar-refractivity contribution in [1.82, 2.24) is 4.90 Å². The lowest BCUT2D eigenvalue weighted by Crippen LogP contribution is -2.16. The van der Waals surface area contributed by atoms with Crippen LogP contribution in [0.1, 0.15) is 35.1 Å². The summed E-state index contributed by atoms with van der Waals surface area (Å²) in [5.74, 6) is 0. The van der Waals surface area contributed by atoms with Crippen molar-refractivity contribution < 1.29 is 0 Å². The summed E-state index contributed by atoms with van der Waals surface area (Å²) in [6.07, 6.45) is 6.26. The molecule has 0 saturated carbocycles. The van der Waals surface area contributed by atoms with Gasteiger partial charge in [-0.15, -0.1) is 0 Å². The molecule has 0 N–H and O–H groups in total. The maximum Gasteiger partial charge on any atom is 0.0405 e. The van der Waals surface area contributed by atoms with Crippen LogP contribution in [0.15, 0.2) is 18.2 Å². The third-order valence-corrected chi connectivity index (χ3v) is 3.96. The molecule has 1 saturated heterocycles. The highest BCUT2D eigenvalue weighted by atomic mass is 15.2. The molecular formula is C15H19N. The summed E-state index contributed by atoms with van der Waals surface area (Å²) >= 11 is 0. The molecule has 1 nitrogen and oxygen atoms in total. The Morgan fingerprint density at radius 3 is 2.44 bits per heavy atom. The van der Waals surface area contributed by atoms with Crippen LogP contribution in [0.5, 0.6) is 0 Å². The van der Waals surface area contributed by atoms with Crippen LogP contribution in [0.2, 0.25) is 0 Å². The average molecular weight is 213 g/mol. The van der Waals surface area contributed by atoms with Crippen LogP contribution >= 0.6 is 0 Å². The number of hydrogen-bond acceptors (Lipinski definition) is 1. The highest BCUT2D eigenvalue weighted by molar-refractivity contribution is 5.73. The average Bonchev–Trinajstić information content (AvgIpc) is 2.87. The first-order valence-electron chi connectivity index (χ1n) is 6.31. The Balaban J connectivity index is 2.00. The Bertz CT molecular complexity index is 451. The summed E-state index contributed by atoms with van der Waals surface area (Å²) in [5.41, 5.74) is 7.35. The fraction of sp³-hybridized carbons (Fsp3) is 0.467. The van der Waals surface area contributed by atoms with E-state index >= 15 is 0 Å². The van der Waals surface area contributed by atoms with Gasteiger partial charge in [-0.25, -0.2) is 0 Å². The number of likely N-dealkylation sites (tertiary alicyclic amines) is 1. The van der Waals surface area contributed by atoms with Gasteiger partial charge >= 0.3 is 0 Å². The molecule has 3 rings (SSSR count). The monoisotopic (exact) mass is 213 g/mol. The van der Waals surface area contributed by atoms with Crippen molar-refractivity contribution in [3.05, 3.63) is 40.5 Å². The van der Waals surface area contributed by atoms with E-state index in [1.807, 2.05) is 0 Å². The molecule has 16 heavy (non-hydrogen) atoms. The van der Waals surface area contributed by atoms with E-state index in [1.54, 1.807) is 0 Å². The van der Waals surface area contributed by atoms with Crippen molar-refractivity contribution in [2.24, 2.45) is 0 Å². The van der Waals surface area contributed by atoms with Crippen LogP contribution < -0.4 is 0 Å². The standard InChI is InChI=1S/C15H19N/c1-11-9-13-5-6-15(14(13)10-12(11)2)16-7-3-4-8-16/h6,9-10H,3-5,7-8H2,1-2H3. The minimum Gasteiger partial charge on any atom is -0.371 e. The Kier molecular flexibility index (Phi) is 2.27. The first kappa shape index (κ1) is 9.95. The number of nitrogens with zero attached hydrogens (tertiary/aromatic N) is 1. The molecule has 0 radical (unpaired) electrons. The summed E-state index contributed by atoms with van der Waals surface area (Å²) in [5, 5.41) is 0. The quantitative estimate of drug-likeness (QED) is 0.692. The van der Waals surface area contributed by atoms with E-state index in [-0.39, 0.29) is 0 Å². The van der Waals surface area contributed by atoms with Gasteiger partial charge in [0.05, 0.1) is 0 Å². The van der Waals surface area contributed by atoms with Gasteiger partial charge in [-0.1, -0.05) is 12.1 Å². The van der Waals surface area contributed by atoms with E-state index < -0.39 is 0 Å². The van der Waals surface area contributed by atoms with E-state index in [4.69, 9.17) is 0 Å². The molecule has 1 aliphatic heterocycles. The lowest BCUT2D eigenvalue weighted by molar-refractivity contribution is 0.494. The highest BCUT2D eigenvalue weighted by Gasteiger charge is 2.22. The Morgan fingerprint density at radius 1 is 1.00 bits per heavy atom. The molecule has 1 aliphatic carbocycles. The summed E-state index contributed by atoms with van der Waals surface area (Å²) < 4.78 is 0. The number of allylic oxidation sites excluding steroid dienone is 1. The molecule has 0 unspecified atom stereocenters. The molecule has 1 aromatic carbocycles. The minimum atomic E-state index is 1.13. The fourth-order valence-electron chi connectivity index (χ4n) is 2.86. The van der Waals surface area contributed by atoms with Crippen LogP contribution in [-0.2, 0) is 6.42 Å². The first-order chi connectivity index (χ1) is 7.75. The molecule has 0 amide bonds. The molecule has 2 aliphatic rings.